The first-order valence-electron chi connectivity index (χ1n) is 13.3. The number of fused-ring (bicyclic) bond motifs is 1. The van der Waals surface area contributed by atoms with Gasteiger partial charge in [0.05, 0.1) is 24.2 Å². The van der Waals surface area contributed by atoms with Crippen LogP contribution in [0.4, 0.5) is 0 Å². The van der Waals surface area contributed by atoms with Crippen LogP contribution in [0.25, 0.3) is 10.9 Å². The smallest absolute Gasteiger partial charge is 0.252 e. The lowest BCUT2D eigenvalue weighted by atomic mass is 9.92. The lowest BCUT2D eigenvalue weighted by Crippen LogP contribution is -2.41. The average Bonchev–Trinajstić information content (AvgIpc) is 3.53. The van der Waals surface area contributed by atoms with Crippen molar-refractivity contribution in [2.45, 2.75) is 103 Å². The summed E-state index contributed by atoms with van der Waals surface area (Å²) in [6, 6.07) is 6.82. The SMILES string of the molecule is CC[C@@H](c1nnnn1C[C@H]1CCCO1)N(Cc1cc2cc(C)cc(C)c2[nH]c1=O)C1CCCCC1. The van der Waals surface area contributed by atoms with Crippen LogP contribution in [0.15, 0.2) is 23.0 Å². The number of ether oxygens (including phenoxy) is 1. The van der Waals surface area contributed by atoms with Gasteiger partial charge in [-0.3, -0.25) is 9.69 Å². The molecule has 0 unspecified atom stereocenters. The number of rotatable bonds is 8. The number of H-pyrrole nitrogens is 1. The zero-order chi connectivity index (χ0) is 24.4. The number of hydrogen-bond donors (Lipinski definition) is 1. The summed E-state index contributed by atoms with van der Waals surface area (Å²) in [6.45, 7) is 8.45. The van der Waals surface area contributed by atoms with Gasteiger partial charge < -0.3 is 9.72 Å². The fourth-order valence-electron chi connectivity index (χ4n) is 6.08. The standard InChI is InChI=1S/C27H38N6O2/c1-4-24(26-29-30-31-33(26)17-23-11-8-12-35-23)32(22-9-6-5-7-10-22)16-21-15-20-14-18(2)13-19(3)25(20)28-27(21)34/h13-15,22-24H,4-12,16-17H2,1-3H3,(H,28,34)/t23-,24+/m1/s1. The van der Waals surface area contributed by atoms with Crippen LogP contribution in [0, 0.1) is 13.8 Å². The van der Waals surface area contributed by atoms with E-state index in [4.69, 9.17) is 4.74 Å². The fraction of sp³-hybridized carbons (Fsp3) is 0.630. The van der Waals surface area contributed by atoms with Crippen LogP contribution in [0.1, 0.15) is 86.8 Å². The van der Waals surface area contributed by atoms with Gasteiger partial charge in [-0.25, -0.2) is 4.68 Å². The van der Waals surface area contributed by atoms with E-state index >= 15 is 0 Å². The molecule has 1 aliphatic carbocycles. The first kappa shape index (κ1) is 24.1. The summed E-state index contributed by atoms with van der Waals surface area (Å²) in [7, 11) is 0. The Hall–Kier alpha value is -2.58. The Morgan fingerprint density at radius 2 is 1.97 bits per heavy atom. The van der Waals surface area contributed by atoms with Crippen molar-refractivity contribution in [2.24, 2.45) is 0 Å². The number of benzene rings is 1. The van der Waals surface area contributed by atoms with E-state index in [2.05, 4.69) is 64.4 Å². The molecule has 2 fully saturated rings. The molecule has 0 radical (unpaired) electrons. The number of pyridine rings is 1. The predicted molar refractivity (Wildman–Crippen MR) is 136 cm³/mol. The molecule has 3 aromatic rings. The second-order valence-corrected chi connectivity index (χ2v) is 10.4. The molecular weight excluding hydrogens is 440 g/mol. The highest BCUT2D eigenvalue weighted by Crippen LogP contribution is 2.33. The summed E-state index contributed by atoms with van der Waals surface area (Å²) in [6.07, 6.45) is 9.23. The number of nitrogens with zero attached hydrogens (tertiary/aromatic N) is 5. The van der Waals surface area contributed by atoms with Crippen molar-refractivity contribution in [3.63, 3.8) is 0 Å². The first-order valence-corrected chi connectivity index (χ1v) is 13.3. The van der Waals surface area contributed by atoms with Crippen LogP contribution < -0.4 is 5.56 Å². The number of tetrazole rings is 1. The maximum absolute atomic E-state index is 13.2. The monoisotopic (exact) mass is 478 g/mol. The molecule has 8 nitrogen and oxygen atoms in total. The van der Waals surface area contributed by atoms with Gasteiger partial charge in [0.15, 0.2) is 5.82 Å². The van der Waals surface area contributed by atoms with E-state index in [-0.39, 0.29) is 17.7 Å². The number of nitrogens with one attached hydrogen (secondary N) is 1. The Labute approximate surface area is 207 Å². The van der Waals surface area contributed by atoms with Gasteiger partial charge >= 0.3 is 0 Å². The van der Waals surface area contributed by atoms with Crippen molar-refractivity contribution in [2.75, 3.05) is 6.61 Å². The Kier molecular flexibility index (Phi) is 7.29. The maximum atomic E-state index is 13.2. The minimum absolute atomic E-state index is 0.000868. The summed E-state index contributed by atoms with van der Waals surface area (Å²) in [5, 5.41) is 14.0. The summed E-state index contributed by atoms with van der Waals surface area (Å²) in [5.74, 6) is 0.887. The molecule has 1 aromatic carbocycles. The number of aromatic amines is 1. The second-order valence-electron chi connectivity index (χ2n) is 10.4. The third-order valence-electron chi connectivity index (χ3n) is 7.81. The summed E-state index contributed by atoms with van der Waals surface area (Å²) in [5.41, 5.74) is 4.05. The molecule has 0 spiro atoms. The van der Waals surface area contributed by atoms with E-state index in [9.17, 15) is 4.79 Å². The largest absolute Gasteiger partial charge is 0.376 e. The Balaban J connectivity index is 1.50. The molecule has 35 heavy (non-hydrogen) atoms. The van der Waals surface area contributed by atoms with Crippen molar-refractivity contribution in [3.8, 4) is 0 Å². The highest BCUT2D eigenvalue weighted by molar-refractivity contribution is 5.82. The molecule has 1 aliphatic heterocycles. The van der Waals surface area contributed by atoms with E-state index in [1.807, 2.05) is 4.68 Å². The molecule has 1 saturated carbocycles. The molecule has 8 heteroatoms. The molecule has 3 heterocycles. The van der Waals surface area contributed by atoms with Gasteiger partial charge in [-0.2, -0.15) is 0 Å². The highest BCUT2D eigenvalue weighted by atomic mass is 16.5. The fourth-order valence-corrected chi connectivity index (χ4v) is 6.08. The van der Waals surface area contributed by atoms with Crippen molar-refractivity contribution in [3.05, 3.63) is 51.1 Å². The minimum atomic E-state index is -0.000868. The first-order chi connectivity index (χ1) is 17.0. The quantitative estimate of drug-likeness (QED) is 0.509. The molecular formula is C27H38N6O2. The normalized spacial score (nSPS) is 20.2. The van der Waals surface area contributed by atoms with Crippen molar-refractivity contribution < 1.29 is 4.74 Å². The molecule has 2 aliphatic rings. The van der Waals surface area contributed by atoms with Crippen LogP contribution in [0.2, 0.25) is 0 Å². The van der Waals surface area contributed by atoms with E-state index < -0.39 is 0 Å². The highest BCUT2D eigenvalue weighted by Gasteiger charge is 2.32. The topological polar surface area (TPSA) is 88.9 Å². The summed E-state index contributed by atoms with van der Waals surface area (Å²) < 4.78 is 7.81. The second kappa shape index (κ2) is 10.6. The van der Waals surface area contributed by atoms with Crippen LogP contribution in [0.3, 0.4) is 0 Å². The number of hydrogen-bond acceptors (Lipinski definition) is 6. The lowest BCUT2D eigenvalue weighted by molar-refractivity contribution is 0.0734. The van der Waals surface area contributed by atoms with E-state index in [0.29, 0.717) is 19.1 Å². The molecule has 188 valence electrons. The van der Waals surface area contributed by atoms with Gasteiger partial charge in [-0.1, -0.05) is 37.8 Å². The number of aryl methyl sites for hydroxylation is 2. The minimum Gasteiger partial charge on any atom is -0.376 e. The van der Waals surface area contributed by atoms with Gasteiger partial charge in [-0.15, -0.1) is 5.10 Å². The van der Waals surface area contributed by atoms with Crippen molar-refractivity contribution in [1.82, 2.24) is 30.1 Å². The van der Waals surface area contributed by atoms with Gasteiger partial charge in [0.1, 0.15) is 0 Å². The molecule has 1 N–H and O–H groups in total. The zero-order valence-corrected chi connectivity index (χ0v) is 21.3. The summed E-state index contributed by atoms with van der Waals surface area (Å²) in [4.78, 5) is 18.9. The van der Waals surface area contributed by atoms with Gasteiger partial charge in [0.25, 0.3) is 5.56 Å². The third-order valence-corrected chi connectivity index (χ3v) is 7.81. The molecule has 0 bridgehead atoms. The average molecular weight is 479 g/mol. The van der Waals surface area contributed by atoms with Crippen LogP contribution in [-0.4, -0.2) is 48.8 Å². The van der Waals surface area contributed by atoms with Crippen molar-refractivity contribution >= 4 is 10.9 Å². The third kappa shape index (κ3) is 5.19. The van der Waals surface area contributed by atoms with Gasteiger partial charge in [0, 0.05) is 24.8 Å². The van der Waals surface area contributed by atoms with Crippen LogP contribution in [-0.2, 0) is 17.8 Å². The van der Waals surface area contributed by atoms with E-state index in [1.165, 1.54) is 24.8 Å². The zero-order valence-electron chi connectivity index (χ0n) is 21.3. The Morgan fingerprint density at radius 3 is 2.71 bits per heavy atom. The molecule has 0 amide bonds. The lowest BCUT2D eigenvalue weighted by Gasteiger charge is -2.39. The van der Waals surface area contributed by atoms with Gasteiger partial charge in [0.2, 0.25) is 0 Å². The van der Waals surface area contributed by atoms with E-state index in [0.717, 1.165) is 66.6 Å². The molecule has 2 atom stereocenters. The van der Waals surface area contributed by atoms with Crippen LogP contribution >= 0.6 is 0 Å². The molecule has 2 aromatic heterocycles. The Bertz CT molecular complexity index is 1210. The van der Waals surface area contributed by atoms with E-state index in [1.54, 1.807) is 0 Å². The summed E-state index contributed by atoms with van der Waals surface area (Å²) >= 11 is 0. The van der Waals surface area contributed by atoms with Gasteiger partial charge in [-0.05, 0) is 79.5 Å². The molecule has 1 saturated heterocycles. The predicted octanol–water partition coefficient (Wildman–Crippen LogP) is 4.60. The maximum Gasteiger partial charge on any atom is 0.252 e. The number of aromatic nitrogens is 5. The molecule has 5 rings (SSSR count). The Morgan fingerprint density at radius 1 is 1.14 bits per heavy atom. The van der Waals surface area contributed by atoms with Crippen molar-refractivity contribution in [1.29, 1.82) is 0 Å². The van der Waals surface area contributed by atoms with Crippen LogP contribution in [0.5, 0.6) is 0 Å².